The van der Waals surface area contributed by atoms with Crippen LogP contribution in [-0.2, 0) is 0 Å². The molecule has 17 heteroatoms. The van der Waals surface area contributed by atoms with Crippen LogP contribution < -0.4 is 0 Å². The van der Waals surface area contributed by atoms with E-state index in [-0.39, 0.29) is 7.45 Å². The van der Waals surface area contributed by atoms with Crippen molar-refractivity contribution in [3.05, 3.63) is 0 Å². The lowest BCUT2D eigenvalue weighted by atomic mass is 8.44. The molecule has 0 aromatic carbocycles. The summed E-state index contributed by atoms with van der Waals surface area (Å²) in [5.74, 6) is 0. The normalized spacial score (nSPS) is 9.00. The summed E-state index contributed by atoms with van der Waals surface area (Å²) in [4.78, 5) is 0. The van der Waals surface area contributed by atoms with Crippen LogP contribution in [0.1, 0.15) is 0 Å². The molecule has 0 aliphatic rings. The molecule has 55 valence electrons. The first-order chi connectivity index (χ1) is 7.73. The van der Waals surface area contributed by atoms with Crippen LogP contribution >= 0.6 is 0 Å². The second kappa shape index (κ2) is 8.20. The Labute approximate surface area is 118 Å². The van der Waals surface area contributed by atoms with Crippen molar-refractivity contribution in [2.45, 2.75) is 0 Å². The fraction of sp³-hybridized carbons (Fsp3) is 0. The van der Waals surface area contributed by atoms with E-state index in [0.717, 1.165) is 0 Å². The Morgan fingerprint density at radius 1 is 0.647 bits per heavy atom. The SMILES string of the molecule is [B]B([B])B(B([B])[B])B(B([B])[B])B([B])B([B])[B]F. The van der Waals surface area contributed by atoms with Crippen molar-refractivity contribution in [2.75, 3.05) is 0 Å². The lowest BCUT2D eigenvalue weighted by molar-refractivity contribution is 0.892. The summed E-state index contributed by atoms with van der Waals surface area (Å²) in [5, 5.41) is 0. The Hall–Kier alpha value is 0.969. The van der Waals surface area contributed by atoms with Crippen molar-refractivity contribution in [2.24, 2.45) is 0 Å². The van der Waals surface area contributed by atoms with E-state index >= 15 is 0 Å². The van der Waals surface area contributed by atoms with Crippen molar-refractivity contribution in [1.29, 1.82) is 0 Å². The summed E-state index contributed by atoms with van der Waals surface area (Å²) in [7, 11) is 44.9. The molecule has 17 heavy (non-hydrogen) atoms. The van der Waals surface area contributed by atoms with Gasteiger partial charge in [0.05, 0.1) is 6.39 Å². The van der Waals surface area contributed by atoms with Gasteiger partial charge in [0.25, 0.3) is 7.45 Å². The Morgan fingerprint density at radius 3 is 1.24 bits per heavy atom. The third-order valence-corrected chi connectivity index (χ3v) is 2.81. The van der Waals surface area contributed by atoms with Crippen LogP contribution in [0.5, 0.6) is 0 Å². The lowest BCUT2D eigenvalue weighted by Gasteiger charge is -2.37. The van der Waals surface area contributed by atoms with E-state index in [4.69, 9.17) is 61.9 Å². The standard InChI is InChI=1S/B16F/c1-10(2)15(11(3)4)16(12(5)6)14(8)13(7)9-17. The highest BCUT2D eigenvalue weighted by Gasteiger charge is 2.40. The third-order valence-electron chi connectivity index (χ3n) is 2.81. The summed E-state index contributed by atoms with van der Waals surface area (Å²) in [6.45, 7) is 0. The molecule has 0 unspecified atom stereocenters. The van der Waals surface area contributed by atoms with Gasteiger partial charge in [0.15, 0.2) is 0 Å². The molecule has 0 amide bonds. The van der Waals surface area contributed by atoms with E-state index in [2.05, 4.69) is 0 Å². The molecule has 0 nitrogen and oxygen atoms in total. The van der Waals surface area contributed by atoms with Crippen molar-refractivity contribution >= 4 is 114 Å². The van der Waals surface area contributed by atoms with E-state index in [9.17, 15) is 4.32 Å². The van der Waals surface area contributed by atoms with Crippen LogP contribution in [0.4, 0.5) is 4.32 Å². The number of halogens is 1. The monoisotopic (exact) mass is 195 g/mol. The highest BCUT2D eigenvalue weighted by atomic mass is 19.1. The molecule has 0 heterocycles. The van der Waals surface area contributed by atoms with Gasteiger partial charge in [0.2, 0.25) is 0 Å². The molecule has 0 bridgehead atoms. The second-order valence-corrected chi connectivity index (χ2v) is 4.17. The fourth-order valence-corrected chi connectivity index (χ4v) is 1.88. The van der Waals surface area contributed by atoms with Gasteiger partial charge in [-0.15, -0.1) is 0 Å². The smallest absolute Gasteiger partial charge is 0.290 e. The Balaban J connectivity index is 5.05. The molecule has 0 spiro atoms. The highest BCUT2D eigenvalue weighted by molar-refractivity contribution is 8.14. The first kappa shape index (κ1) is 18.0. The van der Waals surface area contributed by atoms with E-state index in [0.29, 0.717) is 0 Å². The molecule has 0 aromatic rings. The fourth-order valence-electron chi connectivity index (χ4n) is 1.88. The summed E-state index contributed by atoms with van der Waals surface area (Å²) in [6.07, 6.45) is -5.97. The molecule has 0 N–H and O–H groups in total. The third kappa shape index (κ3) is 5.23. The predicted molar refractivity (Wildman–Crippen MR) is 93.2 cm³/mol. The maximum absolute atomic E-state index is 12.4. The van der Waals surface area contributed by atoms with Gasteiger partial charge in [0.1, 0.15) is 0 Å². The molecule has 0 aliphatic carbocycles. The zero-order valence-corrected chi connectivity index (χ0v) is 9.62. The van der Waals surface area contributed by atoms with Gasteiger partial charge in [0, 0.05) is 100 Å². The number of rotatable bonds is 7. The number of hydrogen-bond acceptors (Lipinski definition) is 0. The zero-order valence-electron chi connectivity index (χ0n) is 9.62. The van der Waals surface area contributed by atoms with Crippen LogP contribution in [-0.4, -0.2) is 114 Å². The first-order valence-corrected chi connectivity index (χ1v) is 5.22. The molecule has 17 radical (unpaired) electrons. The molecule has 0 aromatic heterocycles. The van der Waals surface area contributed by atoms with Gasteiger partial charge in [-0.05, 0) is 0 Å². The van der Waals surface area contributed by atoms with Crippen LogP contribution in [0.15, 0.2) is 0 Å². The topological polar surface area (TPSA) is 0 Å². The second-order valence-electron chi connectivity index (χ2n) is 4.17. The average Bonchev–Trinajstić information content (AvgIpc) is 2.21. The minimum absolute atomic E-state index is 0.251. The average molecular weight is 192 g/mol. The highest BCUT2D eigenvalue weighted by Crippen LogP contribution is 2.01. The van der Waals surface area contributed by atoms with Crippen molar-refractivity contribution < 1.29 is 4.32 Å². The largest absolute Gasteiger partial charge is 0.356 e. The molecule has 0 fully saturated rings. The van der Waals surface area contributed by atoms with E-state index in [1.165, 1.54) is 0 Å². The van der Waals surface area contributed by atoms with Gasteiger partial charge < -0.3 is 4.32 Å². The van der Waals surface area contributed by atoms with Crippen LogP contribution in [0.2, 0.25) is 0 Å². The summed E-state index contributed by atoms with van der Waals surface area (Å²) >= 11 is 0. The van der Waals surface area contributed by atoms with Gasteiger partial charge in [-0.25, -0.2) is 0 Å². The van der Waals surface area contributed by atoms with Crippen molar-refractivity contribution in [3.63, 3.8) is 0 Å². The maximum atomic E-state index is 12.4. The molecule has 0 atom stereocenters. The molecule has 0 rings (SSSR count). The Morgan fingerprint density at radius 2 is 1.00 bits per heavy atom. The predicted octanol–water partition coefficient (Wildman–Crippen LogP) is -5.67. The van der Waals surface area contributed by atoms with Crippen LogP contribution in [0.25, 0.3) is 0 Å². The molecular weight excluding hydrogens is 192 g/mol. The minimum Gasteiger partial charge on any atom is -0.356 e. The Kier molecular flexibility index (Phi) is 8.67. The molecule has 0 aliphatic heterocycles. The minimum atomic E-state index is -1.05. The Bertz CT molecular complexity index is 188. The van der Waals surface area contributed by atoms with E-state index in [1.807, 2.05) is 0 Å². The van der Waals surface area contributed by atoms with E-state index < -0.39 is 44.7 Å². The van der Waals surface area contributed by atoms with Crippen LogP contribution in [0, 0.1) is 0 Å². The summed E-state index contributed by atoms with van der Waals surface area (Å²) in [6, 6.07) is 0. The van der Waals surface area contributed by atoms with Gasteiger partial charge in [-0.1, -0.05) is 0 Å². The van der Waals surface area contributed by atoms with E-state index in [1.54, 1.807) is 0 Å². The molecular formula is B16F. The summed E-state index contributed by atoms with van der Waals surface area (Å²) in [5.41, 5.74) is 0. The quantitative estimate of drug-likeness (QED) is 0.353. The zero-order chi connectivity index (χ0) is 13.7. The van der Waals surface area contributed by atoms with Gasteiger partial charge >= 0.3 is 0 Å². The van der Waals surface area contributed by atoms with Crippen molar-refractivity contribution in [3.8, 4) is 0 Å². The van der Waals surface area contributed by atoms with Gasteiger partial charge in [-0.3, -0.25) is 0 Å². The first-order valence-electron chi connectivity index (χ1n) is 5.22. The number of hydrogen-bond donors (Lipinski definition) is 0. The van der Waals surface area contributed by atoms with Crippen LogP contribution in [0.3, 0.4) is 0 Å². The van der Waals surface area contributed by atoms with Crippen molar-refractivity contribution in [1.82, 2.24) is 0 Å². The lowest BCUT2D eigenvalue weighted by Crippen LogP contribution is -2.75. The molecule has 0 saturated carbocycles. The maximum Gasteiger partial charge on any atom is 0.290 e. The summed E-state index contributed by atoms with van der Waals surface area (Å²) < 4.78 is 12.4. The molecule has 0 saturated heterocycles. The van der Waals surface area contributed by atoms with Gasteiger partial charge in [-0.2, -0.15) is 0 Å².